The van der Waals surface area contributed by atoms with Gasteiger partial charge in [-0.1, -0.05) is 74.5 Å². The van der Waals surface area contributed by atoms with Crippen LogP contribution in [0.25, 0.3) is 0 Å². The Hall–Kier alpha value is -2.13. The van der Waals surface area contributed by atoms with Gasteiger partial charge in [-0.15, -0.1) is 0 Å². The van der Waals surface area contributed by atoms with Gasteiger partial charge in [0, 0.05) is 18.6 Å². The van der Waals surface area contributed by atoms with Gasteiger partial charge in [0.25, 0.3) is 0 Å². The zero-order chi connectivity index (χ0) is 22.6. The van der Waals surface area contributed by atoms with E-state index < -0.39 is 5.60 Å². The van der Waals surface area contributed by atoms with Crippen LogP contribution in [0.3, 0.4) is 0 Å². The van der Waals surface area contributed by atoms with Crippen LogP contribution in [0, 0.1) is 17.8 Å². The molecule has 0 aromatic heterocycles. The van der Waals surface area contributed by atoms with Crippen molar-refractivity contribution >= 4 is 5.97 Å². The molecular weight excluding hydrogens is 382 g/mol. The molecule has 31 heavy (non-hydrogen) atoms. The van der Waals surface area contributed by atoms with Crippen LogP contribution in [-0.2, 0) is 16.1 Å². The molecule has 3 rings (SSSR count). The second-order valence-electron chi connectivity index (χ2n) is 10.4. The third-order valence-electron chi connectivity index (χ3n) is 6.60. The van der Waals surface area contributed by atoms with Gasteiger partial charge in [-0.05, 0) is 63.5 Å². The molecule has 0 heterocycles. The van der Waals surface area contributed by atoms with Gasteiger partial charge in [-0.3, -0.25) is 9.69 Å². The minimum atomic E-state index is -0.465. The standard InChI is InChI=1S/C28H39NO2/c1-20(2)24-17-18-25(27(30)31-28(4,5)6)26(24)29(19-22-13-9-7-10-14-22)21(3)23-15-11-8-12-16-23/h7-16,20-21,24-26H,17-19H2,1-6H3/t21-,24-,25-,26+/m0/s1. The first-order valence-electron chi connectivity index (χ1n) is 11.7. The van der Waals surface area contributed by atoms with Gasteiger partial charge >= 0.3 is 5.97 Å². The maximum absolute atomic E-state index is 13.3. The van der Waals surface area contributed by atoms with Crippen molar-refractivity contribution in [1.29, 1.82) is 0 Å². The number of esters is 1. The fourth-order valence-corrected chi connectivity index (χ4v) is 5.07. The molecule has 168 valence electrons. The average Bonchev–Trinajstić information content (AvgIpc) is 3.17. The topological polar surface area (TPSA) is 29.5 Å². The van der Waals surface area contributed by atoms with Crippen LogP contribution >= 0.6 is 0 Å². The molecule has 1 aliphatic rings. The summed E-state index contributed by atoms with van der Waals surface area (Å²) in [4.78, 5) is 15.9. The summed E-state index contributed by atoms with van der Waals surface area (Å²) in [6.07, 6.45) is 1.97. The van der Waals surface area contributed by atoms with Crippen molar-refractivity contribution in [1.82, 2.24) is 4.90 Å². The minimum Gasteiger partial charge on any atom is -0.460 e. The molecule has 4 atom stereocenters. The highest BCUT2D eigenvalue weighted by molar-refractivity contribution is 5.74. The SMILES string of the molecule is CC(C)[C@@H]1CC[C@H](C(=O)OC(C)(C)C)[C@@H]1N(Cc1ccccc1)[C@@H](C)c1ccccc1. The first kappa shape index (κ1) is 23.5. The van der Waals surface area contributed by atoms with Crippen LogP contribution < -0.4 is 0 Å². The Morgan fingerprint density at radius 2 is 1.55 bits per heavy atom. The molecule has 0 amide bonds. The quantitative estimate of drug-likeness (QED) is 0.469. The summed E-state index contributed by atoms with van der Waals surface area (Å²) >= 11 is 0. The van der Waals surface area contributed by atoms with Crippen LogP contribution in [0.4, 0.5) is 0 Å². The predicted molar refractivity (Wildman–Crippen MR) is 128 cm³/mol. The number of hydrogen-bond donors (Lipinski definition) is 0. The molecule has 1 saturated carbocycles. The molecule has 0 spiro atoms. The maximum Gasteiger partial charge on any atom is 0.311 e. The van der Waals surface area contributed by atoms with E-state index in [2.05, 4.69) is 86.3 Å². The van der Waals surface area contributed by atoms with Crippen molar-refractivity contribution < 1.29 is 9.53 Å². The van der Waals surface area contributed by atoms with Crippen molar-refractivity contribution in [3.8, 4) is 0 Å². The van der Waals surface area contributed by atoms with Gasteiger partial charge in [-0.25, -0.2) is 0 Å². The minimum absolute atomic E-state index is 0.0426. The van der Waals surface area contributed by atoms with E-state index in [0.717, 1.165) is 19.4 Å². The van der Waals surface area contributed by atoms with Crippen LogP contribution in [0.2, 0.25) is 0 Å². The number of hydrogen-bond acceptors (Lipinski definition) is 3. The summed E-state index contributed by atoms with van der Waals surface area (Å²) < 4.78 is 5.90. The number of rotatable bonds is 7. The lowest BCUT2D eigenvalue weighted by molar-refractivity contribution is -0.162. The zero-order valence-electron chi connectivity index (χ0n) is 20.0. The van der Waals surface area contributed by atoms with E-state index >= 15 is 0 Å². The molecule has 2 aromatic rings. The summed E-state index contributed by atoms with van der Waals surface area (Å²) in [5.41, 5.74) is 2.10. The molecule has 3 nitrogen and oxygen atoms in total. The Balaban J connectivity index is 2.00. The van der Waals surface area contributed by atoms with Crippen LogP contribution in [-0.4, -0.2) is 22.5 Å². The van der Waals surface area contributed by atoms with E-state index in [1.807, 2.05) is 20.8 Å². The molecular formula is C28H39NO2. The van der Waals surface area contributed by atoms with Gasteiger partial charge in [0.15, 0.2) is 0 Å². The Bertz CT molecular complexity index is 825. The second-order valence-corrected chi connectivity index (χ2v) is 10.4. The van der Waals surface area contributed by atoms with Gasteiger partial charge in [0.05, 0.1) is 5.92 Å². The van der Waals surface area contributed by atoms with E-state index in [1.54, 1.807) is 0 Å². The van der Waals surface area contributed by atoms with Gasteiger partial charge in [-0.2, -0.15) is 0 Å². The highest BCUT2D eigenvalue weighted by atomic mass is 16.6. The Kier molecular flexibility index (Phi) is 7.59. The van der Waals surface area contributed by atoms with E-state index in [-0.39, 0.29) is 24.0 Å². The highest BCUT2D eigenvalue weighted by Crippen LogP contribution is 2.44. The zero-order valence-corrected chi connectivity index (χ0v) is 20.0. The van der Waals surface area contributed by atoms with E-state index in [1.165, 1.54) is 11.1 Å². The third kappa shape index (κ3) is 5.98. The summed E-state index contributed by atoms with van der Waals surface area (Å²) in [5, 5.41) is 0. The summed E-state index contributed by atoms with van der Waals surface area (Å²) in [5.74, 6) is 0.839. The van der Waals surface area contributed by atoms with Crippen molar-refractivity contribution in [3.05, 3.63) is 71.8 Å². The first-order chi connectivity index (χ1) is 14.7. The summed E-state index contributed by atoms with van der Waals surface area (Å²) in [6.45, 7) is 13.6. The van der Waals surface area contributed by atoms with Crippen LogP contribution in [0.5, 0.6) is 0 Å². The van der Waals surface area contributed by atoms with Crippen molar-refractivity contribution in [2.45, 2.75) is 78.6 Å². The van der Waals surface area contributed by atoms with Crippen molar-refractivity contribution in [2.75, 3.05) is 0 Å². The largest absolute Gasteiger partial charge is 0.460 e. The van der Waals surface area contributed by atoms with E-state index in [9.17, 15) is 4.79 Å². The number of ether oxygens (including phenoxy) is 1. The van der Waals surface area contributed by atoms with Gasteiger partial charge in [0.2, 0.25) is 0 Å². The molecule has 2 aromatic carbocycles. The molecule has 0 aliphatic heterocycles. The predicted octanol–water partition coefficient (Wildman–Crippen LogP) is 6.64. The average molecular weight is 422 g/mol. The lowest BCUT2D eigenvalue weighted by atomic mass is 9.85. The lowest BCUT2D eigenvalue weighted by Gasteiger charge is -2.41. The monoisotopic (exact) mass is 421 g/mol. The molecule has 0 unspecified atom stereocenters. The van der Waals surface area contributed by atoms with E-state index in [4.69, 9.17) is 4.74 Å². The molecule has 1 aliphatic carbocycles. The van der Waals surface area contributed by atoms with Gasteiger partial charge < -0.3 is 4.74 Å². The fourth-order valence-electron chi connectivity index (χ4n) is 5.07. The first-order valence-corrected chi connectivity index (χ1v) is 11.7. The summed E-state index contributed by atoms with van der Waals surface area (Å²) in [6, 6.07) is 21.7. The smallest absolute Gasteiger partial charge is 0.311 e. The van der Waals surface area contributed by atoms with E-state index in [0.29, 0.717) is 11.8 Å². The molecule has 0 bridgehead atoms. The summed E-state index contributed by atoms with van der Waals surface area (Å²) in [7, 11) is 0. The molecule has 3 heteroatoms. The Morgan fingerprint density at radius 1 is 0.968 bits per heavy atom. The number of benzene rings is 2. The Labute approximate surface area is 188 Å². The number of carbonyl (C=O) groups is 1. The lowest BCUT2D eigenvalue weighted by Crippen LogP contribution is -2.47. The van der Waals surface area contributed by atoms with Gasteiger partial charge in [0.1, 0.15) is 5.60 Å². The molecule has 1 fully saturated rings. The van der Waals surface area contributed by atoms with Crippen molar-refractivity contribution in [3.63, 3.8) is 0 Å². The third-order valence-corrected chi connectivity index (χ3v) is 6.60. The number of carbonyl (C=O) groups excluding carboxylic acids is 1. The second kappa shape index (κ2) is 9.99. The normalized spacial score (nSPS) is 22.6. The highest BCUT2D eigenvalue weighted by Gasteiger charge is 2.47. The maximum atomic E-state index is 13.3. The molecule has 0 saturated heterocycles. The Morgan fingerprint density at radius 3 is 2.10 bits per heavy atom. The molecule has 0 N–H and O–H groups in total. The number of nitrogens with zero attached hydrogens (tertiary/aromatic N) is 1. The fraction of sp³-hybridized carbons (Fsp3) is 0.536. The molecule has 0 radical (unpaired) electrons. The van der Waals surface area contributed by atoms with Crippen molar-refractivity contribution in [2.24, 2.45) is 17.8 Å². The van der Waals surface area contributed by atoms with Crippen LogP contribution in [0.1, 0.15) is 71.6 Å². The van der Waals surface area contributed by atoms with Crippen LogP contribution in [0.15, 0.2) is 60.7 Å².